The minimum absolute atomic E-state index is 0.684. The highest BCUT2D eigenvalue weighted by molar-refractivity contribution is 7.98. The molecule has 1 aliphatic rings. The Morgan fingerprint density at radius 3 is 2.66 bits per heavy atom. The molecule has 0 atom stereocenters. The van der Waals surface area contributed by atoms with Crippen molar-refractivity contribution >= 4 is 68.0 Å². The molecule has 0 aliphatic heterocycles. The predicted molar refractivity (Wildman–Crippen MR) is 125 cm³/mol. The highest BCUT2D eigenvalue weighted by Crippen LogP contribution is 2.41. The van der Waals surface area contributed by atoms with Crippen LogP contribution in [0.5, 0.6) is 0 Å². The molecule has 0 bridgehead atoms. The number of nitrogens with zero attached hydrogens (tertiary/aromatic N) is 2. The third kappa shape index (κ3) is 3.97. The molecule has 5 rings (SSSR count). The Kier molecular flexibility index (Phi) is 5.39. The number of hydrogen-bond donors (Lipinski definition) is 1. The van der Waals surface area contributed by atoms with E-state index in [4.69, 9.17) is 33.2 Å². The lowest BCUT2D eigenvalue weighted by atomic mass is 10.2. The molecule has 0 saturated carbocycles. The molecule has 0 spiro atoms. The Balaban J connectivity index is 1.52. The summed E-state index contributed by atoms with van der Waals surface area (Å²) < 4.78 is 0. The van der Waals surface area contributed by atoms with Crippen molar-refractivity contribution in [3.63, 3.8) is 0 Å². The third-order valence-electron chi connectivity index (χ3n) is 4.92. The number of aromatic nitrogens is 2. The topological polar surface area (TPSA) is 37.8 Å². The van der Waals surface area contributed by atoms with E-state index in [1.54, 1.807) is 23.1 Å². The molecule has 146 valence electrons. The molecule has 0 fully saturated rings. The molecular weight excluding hydrogens is 441 g/mol. The number of thioether (sulfide) groups is 1. The molecule has 29 heavy (non-hydrogen) atoms. The van der Waals surface area contributed by atoms with Gasteiger partial charge in [0.05, 0.1) is 21.8 Å². The molecule has 1 N–H and O–H groups in total. The number of nitrogens with one attached hydrogen (secondary N) is 1. The van der Waals surface area contributed by atoms with E-state index in [9.17, 15) is 0 Å². The lowest BCUT2D eigenvalue weighted by molar-refractivity contribution is 0.917. The molecule has 2 aromatic carbocycles. The molecule has 0 radical (unpaired) electrons. The van der Waals surface area contributed by atoms with Gasteiger partial charge in [-0.05, 0) is 61.2 Å². The fraction of sp³-hybridized carbons (Fsp3) is 0.182. The molecule has 4 aromatic rings. The monoisotopic (exact) mass is 457 g/mol. The first kappa shape index (κ1) is 19.2. The second kappa shape index (κ2) is 8.15. The molecule has 3 nitrogen and oxygen atoms in total. The zero-order chi connectivity index (χ0) is 19.8. The quantitative estimate of drug-likeness (QED) is 0.314. The maximum absolute atomic E-state index is 6.39. The first-order chi connectivity index (χ1) is 14.2. The molecule has 0 amide bonds. The van der Waals surface area contributed by atoms with E-state index in [2.05, 4.69) is 5.32 Å². The number of rotatable bonds is 5. The van der Waals surface area contributed by atoms with Gasteiger partial charge in [0.15, 0.2) is 0 Å². The van der Waals surface area contributed by atoms with Gasteiger partial charge in [-0.25, -0.2) is 9.97 Å². The van der Waals surface area contributed by atoms with Crippen LogP contribution in [0.25, 0.3) is 10.2 Å². The van der Waals surface area contributed by atoms with E-state index in [0.29, 0.717) is 10.8 Å². The van der Waals surface area contributed by atoms with Crippen molar-refractivity contribution in [2.45, 2.75) is 29.9 Å². The Bertz CT molecular complexity index is 1190. The van der Waals surface area contributed by atoms with E-state index >= 15 is 0 Å². The normalized spacial score (nSPS) is 13.0. The summed E-state index contributed by atoms with van der Waals surface area (Å²) in [5.74, 6) is 2.36. The summed E-state index contributed by atoms with van der Waals surface area (Å²) in [6, 6.07) is 15.6. The maximum atomic E-state index is 6.39. The Hall–Kier alpha value is -1.79. The van der Waals surface area contributed by atoms with E-state index < -0.39 is 0 Å². The van der Waals surface area contributed by atoms with Gasteiger partial charge in [0.25, 0.3) is 0 Å². The number of anilines is 2. The number of hydrogen-bond acceptors (Lipinski definition) is 5. The standard InChI is InChI=1S/C22H17Cl2N3S2/c23-13-8-10-14(11-9-13)28-12-19-26-21(25-17-6-2-1-5-16(17)24)20-15-4-3-7-18(15)29-22(20)27-19/h1-2,5-6,8-11H,3-4,7,12H2,(H,25,26,27). The fourth-order valence-electron chi connectivity index (χ4n) is 3.56. The third-order valence-corrected chi connectivity index (χ3v) is 7.69. The lowest BCUT2D eigenvalue weighted by Crippen LogP contribution is -2.01. The van der Waals surface area contributed by atoms with Crippen LogP contribution in [-0.4, -0.2) is 9.97 Å². The van der Waals surface area contributed by atoms with Crippen molar-refractivity contribution in [1.82, 2.24) is 9.97 Å². The van der Waals surface area contributed by atoms with Crippen LogP contribution in [0, 0.1) is 0 Å². The van der Waals surface area contributed by atoms with Gasteiger partial charge < -0.3 is 5.32 Å². The average molecular weight is 458 g/mol. The van der Waals surface area contributed by atoms with Crippen molar-refractivity contribution in [3.8, 4) is 0 Å². The van der Waals surface area contributed by atoms with Gasteiger partial charge in [-0.3, -0.25) is 0 Å². The summed E-state index contributed by atoms with van der Waals surface area (Å²) in [6.45, 7) is 0. The largest absolute Gasteiger partial charge is 0.338 e. The number of benzene rings is 2. The van der Waals surface area contributed by atoms with Gasteiger partial charge in [-0.15, -0.1) is 23.1 Å². The van der Waals surface area contributed by atoms with E-state index in [1.807, 2.05) is 48.5 Å². The number of aryl methyl sites for hydroxylation is 2. The highest BCUT2D eigenvalue weighted by atomic mass is 35.5. The number of fused-ring (bicyclic) bond motifs is 3. The zero-order valence-corrected chi connectivity index (χ0v) is 18.6. The van der Waals surface area contributed by atoms with Crippen LogP contribution in [-0.2, 0) is 18.6 Å². The molecule has 7 heteroatoms. The van der Waals surface area contributed by atoms with Crippen LogP contribution in [0.3, 0.4) is 0 Å². The smallest absolute Gasteiger partial charge is 0.143 e. The minimum atomic E-state index is 0.684. The van der Waals surface area contributed by atoms with Gasteiger partial charge in [-0.2, -0.15) is 0 Å². The predicted octanol–water partition coefficient (Wildman–Crippen LogP) is 7.52. The van der Waals surface area contributed by atoms with Crippen LogP contribution < -0.4 is 5.32 Å². The SMILES string of the molecule is Clc1ccc(SCc2nc(Nc3ccccc3Cl)c3c4c(sc3n2)CCC4)cc1. The Morgan fingerprint density at radius 2 is 1.83 bits per heavy atom. The first-order valence-electron chi connectivity index (χ1n) is 9.38. The summed E-state index contributed by atoms with van der Waals surface area (Å²) in [6.07, 6.45) is 3.43. The molecule has 2 aromatic heterocycles. The van der Waals surface area contributed by atoms with Crippen LogP contribution in [0.4, 0.5) is 11.5 Å². The second-order valence-electron chi connectivity index (χ2n) is 6.87. The first-order valence-corrected chi connectivity index (χ1v) is 11.9. The molecule has 2 heterocycles. The summed E-state index contributed by atoms with van der Waals surface area (Å²) in [5.41, 5.74) is 2.26. The molecule has 0 saturated heterocycles. The lowest BCUT2D eigenvalue weighted by Gasteiger charge is -2.11. The maximum Gasteiger partial charge on any atom is 0.143 e. The van der Waals surface area contributed by atoms with E-state index in [1.165, 1.54) is 16.9 Å². The Morgan fingerprint density at radius 1 is 1.00 bits per heavy atom. The Labute approximate surface area is 187 Å². The van der Waals surface area contributed by atoms with E-state index in [-0.39, 0.29) is 0 Å². The fourth-order valence-corrected chi connectivity index (χ4v) is 5.91. The summed E-state index contributed by atoms with van der Waals surface area (Å²) in [7, 11) is 0. The van der Waals surface area contributed by atoms with Crippen LogP contribution >= 0.6 is 46.3 Å². The second-order valence-corrected chi connectivity index (χ2v) is 9.85. The van der Waals surface area contributed by atoms with Gasteiger partial charge in [0, 0.05) is 14.8 Å². The minimum Gasteiger partial charge on any atom is -0.338 e. The number of halogens is 2. The highest BCUT2D eigenvalue weighted by Gasteiger charge is 2.22. The van der Waals surface area contributed by atoms with Gasteiger partial charge in [0.2, 0.25) is 0 Å². The summed E-state index contributed by atoms with van der Waals surface area (Å²) in [5, 5.41) is 6.05. The van der Waals surface area contributed by atoms with Crippen molar-refractivity contribution in [1.29, 1.82) is 0 Å². The summed E-state index contributed by atoms with van der Waals surface area (Å²) in [4.78, 5) is 13.4. The average Bonchev–Trinajstić information content (AvgIpc) is 3.30. The summed E-state index contributed by atoms with van der Waals surface area (Å²) >= 11 is 15.9. The zero-order valence-electron chi connectivity index (χ0n) is 15.4. The van der Waals surface area contributed by atoms with Crippen LogP contribution in [0.15, 0.2) is 53.4 Å². The van der Waals surface area contributed by atoms with Gasteiger partial charge >= 0.3 is 0 Å². The van der Waals surface area contributed by atoms with Crippen molar-refractivity contribution in [2.24, 2.45) is 0 Å². The number of thiophene rings is 1. The van der Waals surface area contributed by atoms with Gasteiger partial charge in [-0.1, -0.05) is 35.3 Å². The van der Waals surface area contributed by atoms with Crippen LogP contribution in [0.2, 0.25) is 10.0 Å². The van der Waals surface area contributed by atoms with Gasteiger partial charge in [0.1, 0.15) is 16.5 Å². The van der Waals surface area contributed by atoms with Crippen LogP contribution in [0.1, 0.15) is 22.7 Å². The van der Waals surface area contributed by atoms with E-state index in [0.717, 1.165) is 50.3 Å². The number of para-hydroxylation sites is 1. The molecule has 0 unspecified atom stereocenters. The van der Waals surface area contributed by atoms with Crippen molar-refractivity contribution in [3.05, 3.63) is 74.8 Å². The van der Waals surface area contributed by atoms with Crippen molar-refractivity contribution in [2.75, 3.05) is 5.32 Å². The van der Waals surface area contributed by atoms with Crippen molar-refractivity contribution < 1.29 is 0 Å². The molecule has 1 aliphatic carbocycles. The molecular formula is C22H17Cl2N3S2.